The second-order valence-corrected chi connectivity index (χ2v) is 5.99. The van der Waals surface area contributed by atoms with E-state index in [2.05, 4.69) is 10.3 Å². The maximum absolute atomic E-state index is 11.5. The highest BCUT2D eigenvalue weighted by atomic mass is 32.2. The Hall–Kier alpha value is -2.02. The van der Waals surface area contributed by atoms with Crippen molar-refractivity contribution in [2.24, 2.45) is 0 Å². The summed E-state index contributed by atoms with van der Waals surface area (Å²) in [7, 11) is 0. The van der Waals surface area contributed by atoms with Crippen LogP contribution in [0.15, 0.2) is 23.4 Å². The molecule has 1 fully saturated rings. The summed E-state index contributed by atoms with van der Waals surface area (Å²) < 4.78 is 2.01. The third kappa shape index (κ3) is 2.61. The van der Waals surface area contributed by atoms with Crippen LogP contribution in [0.5, 0.6) is 0 Å². The second-order valence-electron chi connectivity index (χ2n) is 5.05. The van der Waals surface area contributed by atoms with Crippen LogP contribution in [-0.2, 0) is 9.59 Å². The van der Waals surface area contributed by atoms with Crippen LogP contribution in [0.2, 0.25) is 0 Å². The van der Waals surface area contributed by atoms with Gasteiger partial charge in [-0.2, -0.15) is 0 Å². The zero-order valence-electron chi connectivity index (χ0n) is 11.5. The van der Waals surface area contributed by atoms with Crippen molar-refractivity contribution in [1.29, 1.82) is 0 Å². The molecule has 0 spiro atoms. The van der Waals surface area contributed by atoms with Gasteiger partial charge in [0.1, 0.15) is 0 Å². The molecule has 0 radical (unpaired) electrons. The van der Waals surface area contributed by atoms with Crippen molar-refractivity contribution in [3.63, 3.8) is 0 Å². The molecule has 2 N–H and O–H groups in total. The van der Waals surface area contributed by atoms with Gasteiger partial charge >= 0.3 is 5.97 Å². The zero-order chi connectivity index (χ0) is 15.0. The number of imidazole rings is 1. The van der Waals surface area contributed by atoms with Crippen molar-refractivity contribution in [3.05, 3.63) is 23.8 Å². The molecule has 1 saturated heterocycles. The van der Waals surface area contributed by atoms with E-state index in [1.165, 1.54) is 11.8 Å². The normalized spacial score (nSPS) is 18.1. The van der Waals surface area contributed by atoms with Crippen LogP contribution in [0.25, 0.3) is 11.0 Å². The van der Waals surface area contributed by atoms with Gasteiger partial charge in [0, 0.05) is 13.0 Å². The van der Waals surface area contributed by atoms with Crippen LogP contribution in [0, 0.1) is 6.92 Å². The molecule has 2 aromatic rings. The van der Waals surface area contributed by atoms with Crippen molar-refractivity contribution in [2.75, 3.05) is 12.3 Å². The number of rotatable bonds is 4. The monoisotopic (exact) mass is 305 g/mol. The molecular weight excluding hydrogens is 290 g/mol. The van der Waals surface area contributed by atoms with E-state index in [1.54, 1.807) is 0 Å². The number of aromatic nitrogens is 2. The highest BCUT2D eigenvalue weighted by Crippen LogP contribution is 2.32. The predicted octanol–water partition coefficient (Wildman–Crippen LogP) is 1.58. The van der Waals surface area contributed by atoms with Gasteiger partial charge in [0.05, 0.1) is 22.8 Å². The van der Waals surface area contributed by atoms with E-state index in [0.717, 1.165) is 16.6 Å². The predicted molar refractivity (Wildman–Crippen MR) is 79.5 cm³/mol. The lowest BCUT2D eigenvalue weighted by atomic mass is 10.2. The molecule has 1 amide bonds. The van der Waals surface area contributed by atoms with Crippen LogP contribution >= 0.6 is 11.8 Å². The number of carbonyl (C=O) groups is 2. The van der Waals surface area contributed by atoms with Gasteiger partial charge < -0.3 is 15.0 Å². The van der Waals surface area contributed by atoms with Gasteiger partial charge in [0.25, 0.3) is 0 Å². The average molecular weight is 305 g/mol. The molecule has 1 unspecified atom stereocenters. The Bertz CT molecular complexity index is 726. The molecule has 0 saturated carbocycles. The number of fused-ring (bicyclic) bond motifs is 1. The molecule has 21 heavy (non-hydrogen) atoms. The summed E-state index contributed by atoms with van der Waals surface area (Å²) >= 11 is 1.19. The molecule has 1 atom stereocenters. The first-order chi connectivity index (χ1) is 10.1. The third-order valence-corrected chi connectivity index (χ3v) is 4.46. The molecule has 1 aliphatic heterocycles. The average Bonchev–Trinajstić information content (AvgIpc) is 3.00. The number of amides is 1. The number of carboxylic acid groups (broad SMARTS) is 1. The number of benzene rings is 1. The number of carbonyl (C=O) groups excluding carboxylic acids is 1. The lowest BCUT2D eigenvalue weighted by molar-refractivity contribution is -0.134. The molecular formula is C14H15N3O3S. The fraction of sp³-hybridized carbons (Fsp3) is 0.357. The number of aryl methyl sites for hydroxylation is 1. The van der Waals surface area contributed by atoms with Crippen molar-refractivity contribution < 1.29 is 14.7 Å². The summed E-state index contributed by atoms with van der Waals surface area (Å²) in [6.07, 6.45) is 0.403. The van der Waals surface area contributed by atoms with Crippen molar-refractivity contribution >= 4 is 34.7 Å². The summed E-state index contributed by atoms with van der Waals surface area (Å²) in [6.45, 7) is 2.55. The van der Waals surface area contributed by atoms with Crippen molar-refractivity contribution in [2.45, 2.75) is 24.5 Å². The highest BCUT2D eigenvalue weighted by molar-refractivity contribution is 7.99. The van der Waals surface area contributed by atoms with Crippen LogP contribution in [0.4, 0.5) is 0 Å². The van der Waals surface area contributed by atoms with E-state index >= 15 is 0 Å². The first-order valence-electron chi connectivity index (χ1n) is 6.65. The Morgan fingerprint density at radius 2 is 2.38 bits per heavy atom. The van der Waals surface area contributed by atoms with E-state index in [0.29, 0.717) is 18.1 Å². The van der Waals surface area contributed by atoms with Gasteiger partial charge in [-0.3, -0.25) is 9.59 Å². The van der Waals surface area contributed by atoms with Gasteiger partial charge in [-0.05, 0) is 18.6 Å². The number of aliphatic carboxylic acids is 1. The van der Waals surface area contributed by atoms with E-state index in [1.807, 2.05) is 29.7 Å². The van der Waals surface area contributed by atoms with E-state index < -0.39 is 5.97 Å². The lowest BCUT2D eigenvalue weighted by Crippen LogP contribution is -2.16. The summed E-state index contributed by atoms with van der Waals surface area (Å²) in [5, 5.41) is 12.4. The molecule has 0 aliphatic carbocycles. The minimum atomic E-state index is -0.879. The molecule has 7 heteroatoms. The van der Waals surface area contributed by atoms with Crippen LogP contribution in [0.1, 0.15) is 18.0 Å². The first kappa shape index (κ1) is 13.9. The van der Waals surface area contributed by atoms with Crippen molar-refractivity contribution in [3.8, 4) is 0 Å². The van der Waals surface area contributed by atoms with Gasteiger partial charge in [0.2, 0.25) is 5.91 Å². The number of hydrogen-bond donors (Lipinski definition) is 2. The van der Waals surface area contributed by atoms with Gasteiger partial charge in [-0.1, -0.05) is 23.9 Å². The molecule has 1 aromatic heterocycles. The standard InChI is InChI=1S/C14H15N3O3S/c1-8-3-2-4-10-13(8)17(9-5-11(18)15-6-9)14(16-10)21-7-12(19)20/h2-4,9H,5-7H2,1H3,(H,15,18)(H,19,20). The lowest BCUT2D eigenvalue weighted by Gasteiger charge is -2.15. The SMILES string of the molecule is Cc1cccc2nc(SCC(=O)O)n(C3CNC(=O)C3)c12. The van der Waals surface area contributed by atoms with Gasteiger partial charge in [-0.15, -0.1) is 0 Å². The van der Waals surface area contributed by atoms with Gasteiger partial charge in [0.15, 0.2) is 5.16 Å². The maximum atomic E-state index is 11.5. The minimum absolute atomic E-state index is 0.0140. The fourth-order valence-electron chi connectivity index (χ4n) is 2.64. The van der Waals surface area contributed by atoms with Gasteiger partial charge in [-0.25, -0.2) is 4.98 Å². The first-order valence-corrected chi connectivity index (χ1v) is 7.63. The number of hydrogen-bond acceptors (Lipinski definition) is 4. The third-order valence-electron chi connectivity index (χ3n) is 3.53. The Morgan fingerprint density at radius 3 is 3.05 bits per heavy atom. The number of thioether (sulfide) groups is 1. The topological polar surface area (TPSA) is 84.2 Å². The number of para-hydroxylation sites is 1. The largest absolute Gasteiger partial charge is 0.481 e. The quantitative estimate of drug-likeness (QED) is 0.838. The van der Waals surface area contributed by atoms with Crippen LogP contribution < -0.4 is 5.32 Å². The number of nitrogens with one attached hydrogen (secondary N) is 1. The molecule has 6 nitrogen and oxygen atoms in total. The Morgan fingerprint density at radius 1 is 1.57 bits per heavy atom. The summed E-state index contributed by atoms with van der Waals surface area (Å²) in [5.74, 6) is -0.906. The summed E-state index contributed by atoms with van der Waals surface area (Å²) in [4.78, 5) is 26.9. The van der Waals surface area contributed by atoms with E-state index in [9.17, 15) is 9.59 Å². The van der Waals surface area contributed by atoms with E-state index in [4.69, 9.17) is 5.11 Å². The Kier molecular flexibility index (Phi) is 3.59. The summed E-state index contributed by atoms with van der Waals surface area (Å²) in [6, 6.07) is 5.82. The molecule has 1 aliphatic rings. The Labute approximate surface area is 125 Å². The summed E-state index contributed by atoms with van der Waals surface area (Å²) in [5.41, 5.74) is 2.88. The van der Waals surface area contributed by atoms with Crippen LogP contribution in [0.3, 0.4) is 0 Å². The zero-order valence-corrected chi connectivity index (χ0v) is 12.3. The minimum Gasteiger partial charge on any atom is -0.481 e. The smallest absolute Gasteiger partial charge is 0.313 e. The Balaban J connectivity index is 2.10. The highest BCUT2D eigenvalue weighted by Gasteiger charge is 2.27. The maximum Gasteiger partial charge on any atom is 0.313 e. The molecule has 1 aromatic carbocycles. The number of carboxylic acids is 1. The fourth-order valence-corrected chi connectivity index (χ4v) is 3.43. The van der Waals surface area contributed by atoms with Crippen molar-refractivity contribution in [1.82, 2.24) is 14.9 Å². The second kappa shape index (κ2) is 5.40. The number of nitrogens with zero attached hydrogens (tertiary/aromatic N) is 2. The molecule has 3 rings (SSSR count). The van der Waals surface area contributed by atoms with Crippen LogP contribution in [-0.4, -0.2) is 38.8 Å². The van der Waals surface area contributed by atoms with E-state index in [-0.39, 0.29) is 17.7 Å². The molecule has 0 bridgehead atoms. The molecule has 2 heterocycles. The molecule has 110 valence electrons.